The molecule has 2 heterocycles. The SMILES string of the molecule is Cc1ccc(OCCc2ccc(CN3CCN(C(=O)C=Cc4cc(C)c(Oc5ccc(OCc6ccccc6Cl)cn5)c(Cl)c4)CC3)cc2)cc1C. The Morgan fingerprint density at radius 2 is 1.52 bits per heavy atom. The number of carbonyl (C=O) groups excluding carboxylic acids is 1. The molecular weight excluding hydrogens is 693 g/mol. The number of carbonyl (C=O) groups is 1. The van der Waals surface area contributed by atoms with Gasteiger partial charge in [-0.2, -0.15) is 0 Å². The van der Waals surface area contributed by atoms with Crippen LogP contribution in [0.3, 0.4) is 0 Å². The second kappa shape index (κ2) is 17.6. The summed E-state index contributed by atoms with van der Waals surface area (Å²) >= 11 is 12.8. The highest BCUT2D eigenvalue weighted by molar-refractivity contribution is 6.32. The van der Waals surface area contributed by atoms with Crippen LogP contribution in [-0.2, 0) is 24.4 Å². The smallest absolute Gasteiger partial charge is 0.246 e. The monoisotopic (exact) mass is 735 g/mol. The van der Waals surface area contributed by atoms with E-state index in [0.29, 0.717) is 53.7 Å². The molecule has 4 aromatic carbocycles. The Morgan fingerprint density at radius 3 is 2.23 bits per heavy atom. The van der Waals surface area contributed by atoms with Crippen molar-refractivity contribution in [3.8, 4) is 23.1 Å². The van der Waals surface area contributed by atoms with Gasteiger partial charge in [0.1, 0.15) is 18.1 Å². The van der Waals surface area contributed by atoms with E-state index in [2.05, 4.69) is 60.1 Å². The summed E-state index contributed by atoms with van der Waals surface area (Å²) in [6.45, 7) is 11.0. The lowest BCUT2D eigenvalue weighted by Crippen LogP contribution is -2.47. The van der Waals surface area contributed by atoms with Gasteiger partial charge in [0, 0.05) is 61.9 Å². The summed E-state index contributed by atoms with van der Waals surface area (Å²) < 4.78 is 17.8. The van der Waals surface area contributed by atoms with Crippen LogP contribution in [0, 0.1) is 20.8 Å². The van der Waals surface area contributed by atoms with Gasteiger partial charge in [0.25, 0.3) is 0 Å². The summed E-state index contributed by atoms with van der Waals surface area (Å²) in [5, 5.41) is 1.09. The minimum Gasteiger partial charge on any atom is -0.493 e. The number of piperazine rings is 1. The zero-order valence-corrected chi connectivity index (χ0v) is 31.3. The molecule has 52 heavy (non-hydrogen) atoms. The molecule has 0 unspecified atom stereocenters. The molecular formula is C43H43Cl2N3O4. The molecule has 5 aromatic rings. The fourth-order valence-corrected chi connectivity index (χ4v) is 6.44. The lowest BCUT2D eigenvalue weighted by atomic mass is 10.1. The van der Waals surface area contributed by atoms with E-state index < -0.39 is 0 Å². The number of rotatable bonds is 13. The Hall–Kier alpha value is -4.82. The van der Waals surface area contributed by atoms with Gasteiger partial charge in [-0.05, 0) is 96.6 Å². The second-order valence-electron chi connectivity index (χ2n) is 13.1. The predicted octanol–water partition coefficient (Wildman–Crippen LogP) is 9.66. The average molecular weight is 737 g/mol. The number of halogens is 2. The fraction of sp³-hybridized carbons (Fsp3) is 0.256. The zero-order chi connectivity index (χ0) is 36.5. The third-order valence-corrected chi connectivity index (χ3v) is 9.84. The van der Waals surface area contributed by atoms with E-state index in [1.807, 2.05) is 48.2 Å². The number of amides is 1. The van der Waals surface area contributed by atoms with Crippen LogP contribution in [0.1, 0.15) is 38.9 Å². The molecule has 0 N–H and O–H groups in total. The molecule has 1 aliphatic heterocycles. The number of hydrogen-bond donors (Lipinski definition) is 0. The highest BCUT2D eigenvalue weighted by Gasteiger charge is 2.20. The lowest BCUT2D eigenvalue weighted by Gasteiger charge is -2.34. The largest absolute Gasteiger partial charge is 0.493 e. The normalized spacial score (nSPS) is 13.4. The first-order valence-corrected chi connectivity index (χ1v) is 18.2. The van der Waals surface area contributed by atoms with Crippen LogP contribution < -0.4 is 14.2 Å². The third kappa shape index (κ3) is 10.2. The van der Waals surface area contributed by atoms with Crippen LogP contribution in [0.5, 0.6) is 23.1 Å². The van der Waals surface area contributed by atoms with Gasteiger partial charge in [-0.25, -0.2) is 4.98 Å². The first-order chi connectivity index (χ1) is 25.2. The fourth-order valence-electron chi connectivity index (χ4n) is 5.94. The van der Waals surface area contributed by atoms with E-state index in [1.165, 1.54) is 22.3 Å². The van der Waals surface area contributed by atoms with E-state index >= 15 is 0 Å². The maximum Gasteiger partial charge on any atom is 0.246 e. The quantitative estimate of drug-likeness (QED) is 0.112. The van der Waals surface area contributed by atoms with Crippen molar-refractivity contribution in [2.45, 2.75) is 40.3 Å². The van der Waals surface area contributed by atoms with Gasteiger partial charge in [-0.15, -0.1) is 0 Å². The first kappa shape index (κ1) is 37.0. The number of ether oxygens (including phenoxy) is 3. The highest BCUT2D eigenvalue weighted by Crippen LogP contribution is 2.34. The Kier molecular flexibility index (Phi) is 12.5. The molecule has 0 atom stereocenters. The third-order valence-electron chi connectivity index (χ3n) is 9.19. The maximum absolute atomic E-state index is 13.1. The molecule has 1 amide bonds. The molecule has 0 saturated carbocycles. The molecule has 0 bridgehead atoms. The molecule has 1 aromatic heterocycles. The topological polar surface area (TPSA) is 64.1 Å². The Balaban J connectivity index is 0.933. The van der Waals surface area contributed by atoms with Crippen molar-refractivity contribution in [3.63, 3.8) is 0 Å². The summed E-state index contributed by atoms with van der Waals surface area (Å²) in [5.74, 6) is 2.40. The van der Waals surface area contributed by atoms with E-state index in [4.69, 9.17) is 37.4 Å². The minimum absolute atomic E-state index is 0.0119. The van der Waals surface area contributed by atoms with Crippen LogP contribution >= 0.6 is 23.2 Å². The number of benzene rings is 4. The van der Waals surface area contributed by atoms with Crippen molar-refractivity contribution in [2.24, 2.45) is 0 Å². The van der Waals surface area contributed by atoms with Gasteiger partial charge in [-0.1, -0.05) is 71.7 Å². The molecule has 268 valence electrons. The number of pyridine rings is 1. The molecule has 1 saturated heterocycles. The van der Waals surface area contributed by atoms with Gasteiger partial charge in [-0.3, -0.25) is 9.69 Å². The van der Waals surface area contributed by atoms with Crippen molar-refractivity contribution in [1.82, 2.24) is 14.8 Å². The summed E-state index contributed by atoms with van der Waals surface area (Å²) in [6, 6.07) is 29.8. The Morgan fingerprint density at radius 1 is 0.769 bits per heavy atom. The molecule has 9 heteroatoms. The summed E-state index contributed by atoms with van der Waals surface area (Å²) in [4.78, 5) is 21.7. The predicted molar refractivity (Wildman–Crippen MR) is 209 cm³/mol. The molecule has 0 aliphatic carbocycles. The summed E-state index contributed by atoms with van der Waals surface area (Å²) in [7, 11) is 0. The van der Waals surface area contributed by atoms with E-state index in [0.717, 1.165) is 48.5 Å². The Labute approximate surface area is 316 Å². The van der Waals surface area contributed by atoms with Crippen LogP contribution in [0.4, 0.5) is 0 Å². The molecule has 6 rings (SSSR count). The minimum atomic E-state index is -0.0119. The Bertz CT molecular complexity index is 1980. The van der Waals surface area contributed by atoms with Crippen molar-refractivity contribution in [1.29, 1.82) is 0 Å². The molecule has 1 aliphatic rings. The number of hydrogen-bond acceptors (Lipinski definition) is 6. The van der Waals surface area contributed by atoms with E-state index in [9.17, 15) is 4.79 Å². The van der Waals surface area contributed by atoms with Gasteiger partial charge in [0.05, 0.1) is 17.8 Å². The van der Waals surface area contributed by atoms with Crippen LogP contribution in [0.15, 0.2) is 103 Å². The number of aromatic nitrogens is 1. The number of aryl methyl sites for hydroxylation is 3. The van der Waals surface area contributed by atoms with Gasteiger partial charge in [0.15, 0.2) is 5.75 Å². The van der Waals surface area contributed by atoms with Crippen molar-refractivity contribution in [2.75, 3.05) is 32.8 Å². The van der Waals surface area contributed by atoms with E-state index in [1.54, 1.807) is 36.5 Å². The highest BCUT2D eigenvalue weighted by atomic mass is 35.5. The molecule has 0 radical (unpaired) electrons. The van der Waals surface area contributed by atoms with Crippen molar-refractivity contribution >= 4 is 35.2 Å². The van der Waals surface area contributed by atoms with Gasteiger partial charge < -0.3 is 19.1 Å². The van der Waals surface area contributed by atoms with E-state index in [-0.39, 0.29) is 5.91 Å². The summed E-state index contributed by atoms with van der Waals surface area (Å²) in [5.41, 5.74) is 7.58. The average Bonchev–Trinajstić information content (AvgIpc) is 3.15. The van der Waals surface area contributed by atoms with Gasteiger partial charge in [0.2, 0.25) is 11.8 Å². The molecule has 7 nitrogen and oxygen atoms in total. The van der Waals surface area contributed by atoms with Crippen LogP contribution in [-0.4, -0.2) is 53.5 Å². The number of nitrogens with zero attached hydrogens (tertiary/aromatic N) is 3. The van der Waals surface area contributed by atoms with Crippen LogP contribution in [0.25, 0.3) is 6.08 Å². The first-order valence-electron chi connectivity index (χ1n) is 17.5. The van der Waals surface area contributed by atoms with Crippen molar-refractivity contribution in [3.05, 3.63) is 152 Å². The maximum atomic E-state index is 13.1. The summed E-state index contributed by atoms with van der Waals surface area (Å²) in [6.07, 6.45) is 5.88. The van der Waals surface area contributed by atoms with Crippen LogP contribution in [0.2, 0.25) is 10.0 Å². The van der Waals surface area contributed by atoms with Crippen molar-refractivity contribution < 1.29 is 19.0 Å². The molecule has 1 fully saturated rings. The van der Waals surface area contributed by atoms with Gasteiger partial charge >= 0.3 is 0 Å². The second-order valence-corrected chi connectivity index (χ2v) is 13.9. The standard InChI is InChI=1S/C43H43Cl2N3O4/c1-30-8-14-37(25-31(30)2)50-23-18-33-9-11-34(12-10-33)28-47-19-21-48(22-20-47)42(49)17-13-35-24-32(3)43(40(45)26-35)52-41-16-15-38(27-46-41)51-29-36-6-4-5-7-39(36)44/h4-17,24-27H,18-23,28-29H2,1-3H3. The zero-order valence-electron chi connectivity index (χ0n) is 29.8. The lowest BCUT2D eigenvalue weighted by molar-refractivity contribution is -0.127. The molecule has 0 spiro atoms.